The lowest BCUT2D eigenvalue weighted by molar-refractivity contribution is -0.120. The van der Waals surface area contributed by atoms with E-state index < -0.39 is 33.2 Å². The van der Waals surface area contributed by atoms with Gasteiger partial charge in [0.25, 0.3) is 0 Å². The monoisotopic (exact) mass is 487 g/mol. The molecule has 3 amide bonds. The number of ether oxygens (including phenoxy) is 1. The van der Waals surface area contributed by atoms with Gasteiger partial charge in [-0.1, -0.05) is 32.6 Å². The maximum atomic E-state index is 15.7. The van der Waals surface area contributed by atoms with E-state index in [1.54, 1.807) is 30.3 Å². The molecule has 1 saturated heterocycles. The van der Waals surface area contributed by atoms with Crippen molar-refractivity contribution >= 4 is 33.3 Å². The third kappa shape index (κ3) is 5.66. The highest BCUT2D eigenvalue weighted by atomic mass is 32.2. The van der Waals surface area contributed by atoms with E-state index in [9.17, 15) is 18.0 Å². The number of urea groups is 1. The molecule has 10 heteroatoms. The molecule has 0 atom stereocenters. The summed E-state index contributed by atoms with van der Waals surface area (Å²) >= 11 is 0. The van der Waals surface area contributed by atoms with Gasteiger partial charge in [0.2, 0.25) is 15.9 Å². The number of halogens is 1. The standard InChI is InChI=1S/C24H26FN3O5S/c1-24(2,3)18-14-19(28-13-12-20(29)26-23(28)30)21(25)17(22(18)33-4)11-8-15-6-9-16(10-7-15)27-34(5,31)32/h6-7,9-10,14,27H,12-13H2,1-5H3,(H,26,29,30). The van der Waals surface area contributed by atoms with E-state index in [1.165, 1.54) is 12.0 Å². The summed E-state index contributed by atoms with van der Waals surface area (Å²) < 4.78 is 46.4. The smallest absolute Gasteiger partial charge is 0.328 e. The number of carbonyl (C=O) groups is 2. The van der Waals surface area contributed by atoms with Crippen LogP contribution in [-0.4, -0.2) is 40.3 Å². The predicted octanol–water partition coefficient (Wildman–Crippen LogP) is 3.35. The molecule has 0 bridgehead atoms. The van der Waals surface area contributed by atoms with E-state index in [4.69, 9.17) is 4.74 Å². The topological polar surface area (TPSA) is 105 Å². The minimum Gasteiger partial charge on any atom is -0.495 e. The normalized spacial score (nSPS) is 14.2. The van der Waals surface area contributed by atoms with Gasteiger partial charge in [0.05, 0.1) is 19.1 Å². The Hall–Kier alpha value is -3.58. The average molecular weight is 488 g/mol. The van der Waals surface area contributed by atoms with Gasteiger partial charge < -0.3 is 4.74 Å². The molecular formula is C24H26FN3O5S. The predicted molar refractivity (Wildman–Crippen MR) is 128 cm³/mol. The molecule has 1 aliphatic heterocycles. The Labute approximate surface area is 198 Å². The zero-order valence-corrected chi connectivity index (χ0v) is 20.4. The highest BCUT2D eigenvalue weighted by Crippen LogP contribution is 2.40. The van der Waals surface area contributed by atoms with Crippen LogP contribution in [0.1, 0.15) is 43.9 Å². The maximum absolute atomic E-state index is 15.7. The number of benzene rings is 2. The van der Waals surface area contributed by atoms with Crippen LogP contribution in [0, 0.1) is 17.7 Å². The molecule has 3 rings (SSSR count). The van der Waals surface area contributed by atoms with E-state index in [-0.39, 0.29) is 30.0 Å². The van der Waals surface area contributed by atoms with Crippen LogP contribution < -0.4 is 19.7 Å². The van der Waals surface area contributed by atoms with E-state index in [1.807, 2.05) is 20.8 Å². The van der Waals surface area contributed by atoms with Gasteiger partial charge in [-0.3, -0.25) is 19.7 Å². The molecule has 0 unspecified atom stereocenters. The molecule has 2 aromatic rings. The van der Waals surface area contributed by atoms with Gasteiger partial charge >= 0.3 is 6.03 Å². The van der Waals surface area contributed by atoms with Gasteiger partial charge in [-0.25, -0.2) is 17.6 Å². The first kappa shape index (κ1) is 25.1. The first-order valence-electron chi connectivity index (χ1n) is 10.4. The summed E-state index contributed by atoms with van der Waals surface area (Å²) in [6.07, 6.45) is 1.10. The van der Waals surface area contributed by atoms with Gasteiger partial charge in [0.15, 0.2) is 5.82 Å². The number of hydrogen-bond acceptors (Lipinski definition) is 5. The third-order valence-electron chi connectivity index (χ3n) is 5.07. The number of methoxy groups -OCH3 is 1. The number of carbonyl (C=O) groups excluding carboxylic acids is 2. The van der Waals surface area contributed by atoms with Crippen molar-refractivity contribution in [2.75, 3.05) is 29.5 Å². The van der Waals surface area contributed by atoms with Crippen molar-refractivity contribution in [2.24, 2.45) is 0 Å². The van der Waals surface area contributed by atoms with Gasteiger partial charge in [0.1, 0.15) is 11.3 Å². The Morgan fingerprint density at radius 3 is 2.32 bits per heavy atom. The van der Waals surface area contributed by atoms with Crippen molar-refractivity contribution in [2.45, 2.75) is 32.6 Å². The number of hydrogen-bond donors (Lipinski definition) is 2. The summed E-state index contributed by atoms with van der Waals surface area (Å²) in [5.41, 5.74) is 1.06. The van der Waals surface area contributed by atoms with Crippen LogP contribution in [0.4, 0.5) is 20.6 Å². The summed E-state index contributed by atoms with van der Waals surface area (Å²) in [6, 6.07) is 7.15. The van der Waals surface area contributed by atoms with Crippen LogP contribution in [0.15, 0.2) is 30.3 Å². The van der Waals surface area contributed by atoms with E-state index in [0.29, 0.717) is 16.8 Å². The summed E-state index contributed by atoms with van der Waals surface area (Å²) in [5.74, 6) is 4.79. The van der Waals surface area contributed by atoms with E-state index >= 15 is 4.39 Å². The Bertz CT molecular complexity index is 1300. The Balaban J connectivity index is 2.11. The molecule has 0 aliphatic carbocycles. The fourth-order valence-corrected chi connectivity index (χ4v) is 4.03. The molecule has 0 radical (unpaired) electrons. The number of rotatable bonds is 4. The number of anilines is 2. The minimum atomic E-state index is -3.41. The summed E-state index contributed by atoms with van der Waals surface area (Å²) in [4.78, 5) is 25.1. The summed E-state index contributed by atoms with van der Waals surface area (Å²) in [7, 11) is -1.99. The molecule has 1 fully saturated rings. The van der Waals surface area contributed by atoms with Crippen molar-refractivity contribution in [1.29, 1.82) is 0 Å². The number of imide groups is 1. The van der Waals surface area contributed by atoms with Crippen molar-refractivity contribution in [3.05, 3.63) is 52.8 Å². The molecule has 8 nitrogen and oxygen atoms in total. The first-order valence-corrected chi connectivity index (χ1v) is 12.3. The molecule has 1 aliphatic rings. The molecule has 34 heavy (non-hydrogen) atoms. The second kappa shape index (κ2) is 9.35. The molecule has 0 aromatic heterocycles. The Morgan fingerprint density at radius 2 is 1.79 bits per heavy atom. The Morgan fingerprint density at radius 1 is 1.15 bits per heavy atom. The van der Waals surface area contributed by atoms with Crippen LogP contribution in [0.3, 0.4) is 0 Å². The number of nitrogens with one attached hydrogen (secondary N) is 2. The van der Waals surface area contributed by atoms with Crippen LogP contribution in [0.5, 0.6) is 5.75 Å². The molecule has 0 saturated carbocycles. The second-order valence-corrected chi connectivity index (χ2v) is 10.6. The maximum Gasteiger partial charge on any atom is 0.328 e. The zero-order chi connectivity index (χ0) is 25.3. The number of sulfonamides is 1. The molecule has 1 heterocycles. The van der Waals surface area contributed by atoms with Crippen LogP contribution in [-0.2, 0) is 20.2 Å². The fraction of sp³-hybridized carbons (Fsp3) is 0.333. The van der Waals surface area contributed by atoms with Crippen LogP contribution >= 0.6 is 0 Å². The largest absolute Gasteiger partial charge is 0.495 e. The minimum absolute atomic E-state index is 0.00715. The fourth-order valence-electron chi connectivity index (χ4n) is 3.47. The first-order chi connectivity index (χ1) is 15.8. The van der Waals surface area contributed by atoms with Crippen LogP contribution in [0.2, 0.25) is 0 Å². The molecule has 2 N–H and O–H groups in total. The van der Waals surface area contributed by atoms with Gasteiger partial charge in [0, 0.05) is 29.8 Å². The van der Waals surface area contributed by atoms with Crippen LogP contribution in [0.25, 0.3) is 0 Å². The molecule has 0 spiro atoms. The van der Waals surface area contributed by atoms with Gasteiger partial charge in [-0.15, -0.1) is 0 Å². The van der Waals surface area contributed by atoms with Crippen molar-refractivity contribution < 1.29 is 27.1 Å². The van der Waals surface area contributed by atoms with E-state index in [2.05, 4.69) is 21.9 Å². The lowest BCUT2D eigenvalue weighted by atomic mass is 9.84. The number of amides is 3. The molecule has 180 valence electrons. The molecule has 2 aromatic carbocycles. The second-order valence-electron chi connectivity index (χ2n) is 8.87. The lowest BCUT2D eigenvalue weighted by Crippen LogP contribution is -2.50. The third-order valence-corrected chi connectivity index (χ3v) is 5.68. The number of nitrogens with zero attached hydrogens (tertiary/aromatic N) is 1. The van der Waals surface area contributed by atoms with Gasteiger partial charge in [-0.2, -0.15) is 0 Å². The van der Waals surface area contributed by atoms with Crippen molar-refractivity contribution in [3.63, 3.8) is 0 Å². The van der Waals surface area contributed by atoms with E-state index in [0.717, 1.165) is 6.26 Å². The van der Waals surface area contributed by atoms with Crippen molar-refractivity contribution in [1.82, 2.24) is 5.32 Å². The van der Waals surface area contributed by atoms with Gasteiger partial charge in [-0.05, 0) is 35.7 Å². The lowest BCUT2D eigenvalue weighted by Gasteiger charge is -2.30. The Kier molecular flexibility index (Phi) is 6.89. The molecular weight excluding hydrogens is 461 g/mol. The highest BCUT2D eigenvalue weighted by molar-refractivity contribution is 7.92. The summed E-state index contributed by atoms with van der Waals surface area (Å²) in [5, 5.41) is 2.21. The quantitative estimate of drug-likeness (QED) is 0.644. The zero-order valence-electron chi connectivity index (χ0n) is 19.6. The summed E-state index contributed by atoms with van der Waals surface area (Å²) in [6.45, 7) is 5.82. The van der Waals surface area contributed by atoms with Crippen molar-refractivity contribution in [3.8, 4) is 17.6 Å². The highest BCUT2D eigenvalue weighted by Gasteiger charge is 2.32. The average Bonchev–Trinajstić information content (AvgIpc) is 2.72. The SMILES string of the molecule is COc1c(C(C)(C)C)cc(N2CCC(=O)NC2=O)c(F)c1C#Cc1ccc(NS(C)(=O)=O)cc1.